The second-order valence-corrected chi connectivity index (χ2v) is 9.17. The molecule has 1 aliphatic rings. The Kier molecular flexibility index (Phi) is 9.26. The van der Waals surface area contributed by atoms with Crippen LogP contribution in [-0.2, 0) is 17.9 Å². The van der Waals surface area contributed by atoms with Crippen molar-refractivity contribution in [1.29, 1.82) is 0 Å². The van der Waals surface area contributed by atoms with Crippen LogP contribution in [0.15, 0.2) is 72.8 Å². The number of carbonyl (C=O) groups is 1. The molecule has 0 aromatic heterocycles. The maximum Gasteiger partial charge on any atom is 0.322 e. The number of nitrogens with one attached hydrogen (secondary N) is 1. The molecular weight excluding hydrogens is 485 g/mol. The van der Waals surface area contributed by atoms with Crippen molar-refractivity contribution >= 4 is 34.9 Å². The molecule has 3 aromatic rings. The van der Waals surface area contributed by atoms with Gasteiger partial charge in [-0.05, 0) is 41.5 Å². The first-order valence-electron chi connectivity index (χ1n) is 11.6. The van der Waals surface area contributed by atoms with E-state index >= 15 is 0 Å². The van der Waals surface area contributed by atoms with Gasteiger partial charge in [-0.3, -0.25) is 4.90 Å². The summed E-state index contributed by atoms with van der Waals surface area (Å²) in [7, 11) is 0. The molecule has 0 bridgehead atoms. The zero-order valence-corrected chi connectivity index (χ0v) is 21.0. The minimum atomic E-state index is -0.202. The maximum atomic E-state index is 13.2. The highest BCUT2D eigenvalue weighted by Crippen LogP contribution is 2.25. The van der Waals surface area contributed by atoms with Crippen LogP contribution in [0.3, 0.4) is 0 Å². The third kappa shape index (κ3) is 7.87. The van der Waals surface area contributed by atoms with Crippen LogP contribution < -0.4 is 10.1 Å². The fraction of sp³-hybridized carbons (Fsp3) is 0.296. The third-order valence-electron chi connectivity index (χ3n) is 5.77. The Morgan fingerprint density at radius 3 is 2.49 bits per heavy atom. The molecule has 184 valence electrons. The van der Waals surface area contributed by atoms with Crippen molar-refractivity contribution < 1.29 is 14.3 Å². The van der Waals surface area contributed by atoms with Gasteiger partial charge in [0.15, 0.2) is 0 Å². The van der Waals surface area contributed by atoms with Crippen molar-refractivity contribution in [1.82, 2.24) is 9.80 Å². The van der Waals surface area contributed by atoms with E-state index in [-0.39, 0.29) is 6.03 Å². The summed E-state index contributed by atoms with van der Waals surface area (Å²) in [6.07, 6.45) is 0. The summed E-state index contributed by atoms with van der Waals surface area (Å²) in [5.74, 6) is 0.768. The van der Waals surface area contributed by atoms with Crippen LogP contribution in [0.4, 0.5) is 10.5 Å². The van der Waals surface area contributed by atoms with Gasteiger partial charge in [0.05, 0.1) is 23.3 Å². The minimum absolute atomic E-state index is 0.202. The molecule has 35 heavy (non-hydrogen) atoms. The minimum Gasteiger partial charge on any atom is -0.489 e. The van der Waals surface area contributed by atoms with Crippen molar-refractivity contribution in [3.63, 3.8) is 0 Å². The summed E-state index contributed by atoms with van der Waals surface area (Å²) in [4.78, 5) is 17.4. The first kappa shape index (κ1) is 25.3. The van der Waals surface area contributed by atoms with E-state index in [9.17, 15) is 4.79 Å². The van der Waals surface area contributed by atoms with Gasteiger partial charge >= 0.3 is 6.03 Å². The molecule has 1 saturated heterocycles. The van der Waals surface area contributed by atoms with Crippen molar-refractivity contribution in [3.05, 3.63) is 94.0 Å². The molecule has 0 unspecified atom stereocenters. The van der Waals surface area contributed by atoms with Gasteiger partial charge in [0.2, 0.25) is 0 Å². The predicted molar refractivity (Wildman–Crippen MR) is 140 cm³/mol. The zero-order chi connectivity index (χ0) is 24.5. The Morgan fingerprint density at radius 2 is 1.71 bits per heavy atom. The smallest absolute Gasteiger partial charge is 0.322 e. The van der Waals surface area contributed by atoms with E-state index in [1.54, 1.807) is 23.1 Å². The Labute approximate surface area is 216 Å². The molecule has 4 rings (SSSR count). The summed E-state index contributed by atoms with van der Waals surface area (Å²) in [6, 6.07) is 22.8. The normalized spacial score (nSPS) is 13.9. The van der Waals surface area contributed by atoms with E-state index in [4.69, 9.17) is 32.7 Å². The molecule has 3 aromatic carbocycles. The lowest BCUT2D eigenvalue weighted by Gasteiger charge is -2.30. The Balaban J connectivity index is 1.43. The van der Waals surface area contributed by atoms with Gasteiger partial charge in [-0.25, -0.2) is 4.79 Å². The molecule has 1 heterocycles. The quantitative estimate of drug-likeness (QED) is 0.384. The van der Waals surface area contributed by atoms with E-state index in [1.807, 2.05) is 54.6 Å². The summed E-state index contributed by atoms with van der Waals surface area (Å²) >= 11 is 12.2. The van der Waals surface area contributed by atoms with Crippen molar-refractivity contribution in [2.75, 3.05) is 44.7 Å². The van der Waals surface area contributed by atoms with Crippen molar-refractivity contribution in [3.8, 4) is 5.75 Å². The summed E-state index contributed by atoms with van der Waals surface area (Å²) in [6.45, 7) is 5.44. The Bertz CT molecular complexity index is 1110. The number of benzene rings is 3. The van der Waals surface area contributed by atoms with Crippen LogP contribution >= 0.6 is 23.2 Å². The molecule has 0 atom stereocenters. The highest BCUT2D eigenvalue weighted by atomic mass is 35.5. The number of hydrogen-bond donors (Lipinski definition) is 1. The monoisotopic (exact) mass is 513 g/mol. The molecular formula is C27H29Cl2N3O3. The fourth-order valence-corrected chi connectivity index (χ4v) is 4.11. The number of carbonyl (C=O) groups excluding carboxylic acids is 1. The van der Waals surface area contributed by atoms with Gasteiger partial charge in [0.25, 0.3) is 0 Å². The summed E-state index contributed by atoms with van der Waals surface area (Å²) in [5.41, 5.74) is 2.69. The molecule has 6 nitrogen and oxygen atoms in total. The molecule has 1 N–H and O–H groups in total. The molecule has 0 radical (unpaired) electrons. The second kappa shape index (κ2) is 12.8. The summed E-state index contributed by atoms with van der Waals surface area (Å²) < 4.78 is 11.4. The third-order valence-corrected chi connectivity index (χ3v) is 6.51. The lowest BCUT2D eigenvalue weighted by atomic mass is 10.2. The number of amides is 2. The highest BCUT2D eigenvalue weighted by molar-refractivity contribution is 6.42. The number of ether oxygens (including phenoxy) is 2. The van der Waals surface area contributed by atoms with E-state index in [2.05, 4.69) is 10.2 Å². The number of urea groups is 1. The lowest BCUT2D eigenvalue weighted by Crippen LogP contribution is -2.44. The SMILES string of the molecule is O=C(Nc1ccc(Cl)c(Cl)c1)N(CCN1CCOCC1)Cc1cccc(OCc2ccccc2)c1. The second-order valence-electron chi connectivity index (χ2n) is 8.36. The van der Waals surface area contributed by atoms with E-state index in [1.165, 1.54) is 0 Å². The maximum absolute atomic E-state index is 13.2. The van der Waals surface area contributed by atoms with Gasteiger partial charge in [-0.2, -0.15) is 0 Å². The molecule has 0 saturated carbocycles. The first-order chi connectivity index (χ1) is 17.1. The average Bonchev–Trinajstić information content (AvgIpc) is 2.89. The van der Waals surface area contributed by atoms with Crippen LogP contribution in [0.25, 0.3) is 0 Å². The zero-order valence-electron chi connectivity index (χ0n) is 19.5. The van der Waals surface area contributed by atoms with Crippen molar-refractivity contribution in [2.24, 2.45) is 0 Å². The number of anilines is 1. The molecule has 1 aliphatic heterocycles. The van der Waals surface area contributed by atoms with Crippen LogP contribution in [0, 0.1) is 0 Å². The van der Waals surface area contributed by atoms with Gasteiger partial charge < -0.3 is 19.7 Å². The van der Waals surface area contributed by atoms with Gasteiger partial charge in [-0.15, -0.1) is 0 Å². The lowest BCUT2D eigenvalue weighted by molar-refractivity contribution is 0.0349. The van der Waals surface area contributed by atoms with Crippen molar-refractivity contribution in [2.45, 2.75) is 13.2 Å². The Morgan fingerprint density at radius 1 is 0.943 bits per heavy atom. The van der Waals surface area contributed by atoms with E-state index in [0.29, 0.717) is 35.4 Å². The largest absolute Gasteiger partial charge is 0.489 e. The van der Waals surface area contributed by atoms with Crippen LogP contribution in [0.1, 0.15) is 11.1 Å². The number of rotatable bonds is 9. The average molecular weight is 514 g/mol. The van der Waals surface area contributed by atoms with Crippen LogP contribution in [0.5, 0.6) is 5.75 Å². The van der Waals surface area contributed by atoms with Gasteiger partial charge in [0, 0.05) is 38.4 Å². The topological polar surface area (TPSA) is 54.0 Å². The van der Waals surface area contributed by atoms with E-state index < -0.39 is 0 Å². The molecule has 1 fully saturated rings. The summed E-state index contributed by atoms with van der Waals surface area (Å²) in [5, 5.41) is 3.79. The molecule has 8 heteroatoms. The Hall–Kier alpha value is -2.77. The number of halogens is 2. The molecule has 0 spiro atoms. The van der Waals surface area contributed by atoms with Gasteiger partial charge in [-0.1, -0.05) is 65.7 Å². The van der Waals surface area contributed by atoms with E-state index in [0.717, 1.165) is 49.7 Å². The first-order valence-corrected chi connectivity index (χ1v) is 12.4. The van der Waals surface area contributed by atoms with Gasteiger partial charge in [0.1, 0.15) is 12.4 Å². The predicted octanol–water partition coefficient (Wildman–Crippen LogP) is 5.94. The van der Waals surface area contributed by atoms with Crippen LogP contribution in [-0.4, -0.2) is 55.2 Å². The molecule has 2 amide bonds. The number of morpholine rings is 1. The highest BCUT2D eigenvalue weighted by Gasteiger charge is 2.18. The fourth-order valence-electron chi connectivity index (χ4n) is 3.81. The number of nitrogens with zero attached hydrogens (tertiary/aromatic N) is 2. The number of hydrogen-bond acceptors (Lipinski definition) is 4. The standard InChI is InChI=1S/C27H29Cl2N3O3/c28-25-10-9-23(18-26(25)29)30-27(33)32(12-11-31-13-15-34-16-14-31)19-22-7-4-8-24(17-22)35-20-21-5-2-1-3-6-21/h1-10,17-18H,11-16,19-20H2,(H,30,33). The molecule has 0 aliphatic carbocycles. The van der Waals surface area contributed by atoms with Crippen LogP contribution in [0.2, 0.25) is 10.0 Å².